The summed E-state index contributed by atoms with van der Waals surface area (Å²) in [5.41, 5.74) is 0.823. The molecule has 2 amide bonds. The molecule has 3 aromatic rings. The number of para-hydroxylation sites is 2. The van der Waals surface area contributed by atoms with Gasteiger partial charge < -0.3 is 9.47 Å². The molecule has 2 aromatic carbocycles. The fourth-order valence-electron chi connectivity index (χ4n) is 2.52. The Labute approximate surface area is 171 Å². The van der Waals surface area contributed by atoms with Gasteiger partial charge in [0.1, 0.15) is 5.82 Å². The summed E-state index contributed by atoms with van der Waals surface area (Å²) in [6, 6.07) is 14.3. The summed E-state index contributed by atoms with van der Waals surface area (Å²) in [7, 11) is 0. The van der Waals surface area contributed by atoms with Crippen LogP contribution in [0.3, 0.4) is 0 Å². The summed E-state index contributed by atoms with van der Waals surface area (Å²) in [5.74, 6) is -3.05. The van der Waals surface area contributed by atoms with E-state index in [2.05, 4.69) is 4.98 Å². The van der Waals surface area contributed by atoms with Crippen molar-refractivity contribution in [3.8, 4) is 11.5 Å². The van der Waals surface area contributed by atoms with Crippen molar-refractivity contribution in [2.75, 3.05) is 18.1 Å². The monoisotopic (exact) mass is 412 g/mol. The number of aromatic nitrogens is 1. The molecule has 0 spiro atoms. The molecule has 3 rings (SSSR count). The number of hydrogen-bond acceptors (Lipinski definition) is 5. The minimum absolute atomic E-state index is 0.0462. The third kappa shape index (κ3) is 5.16. The van der Waals surface area contributed by atoms with E-state index in [1.807, 2.05) is 0 Å². The maximum absolute atomic E-state index is 13.7. The molecule has 0 radical (unpaired) electrons. The fraction of sp³-hybridized carbons (Fsp3) is 0.136. The number of carbonyl (C=O) groups is 2. The average molecular weight is 412 g/mol. The van der Waals surface area contributed by atoms with Crippen LogP contribution in [0.2, 0.25) is 0 Å². The van der Waals surface area contributed by atoms with Gasteiger partial charge in [0.2, 0.25) is 0 Å². The lowest BCUT2D eigenvalue weighted by Gasteiger charge is -2.20. The molecule has 8 heteroatoms. The van der Waals surface area contributed by atoms with E-state index in [9.17, 15) is 18.4 Å². The van der Waals surface area contributed by atoms with Crippen molar-refractivity contribution in [2.45, 2.75) is 6.92 Å². The molecule has 0 bridgehead atoms. The standard InChI is InChI=1S/C22H18F2N2O4/c1-15-10-11-20(25-12-15)26(21(27)13-29-18-8-4-2-6-16(18)23)22(28)14-30-19-9-5-3-7-17(19)24/h2-12H,13-14H2,1H3. The van der Waals surface area contributed by atoms with Gasteiger partial charge in [0.05, 0.1) is 0 Å². The summed E-state index contributed by atoms with van der Waals surface area (Å²) in [5, 5.41) is 0. The van der Waals surface area contributed by atoms with Crippen molar-refractivity contribution in [3.63, 3.8) is 0 Å². The minimum atomic E-state index is -0.781. The zero-order valence-corrected chi connectivity index (χ0v) is 16.0. The molecule has 0 aliphatic rings. The molecule has 0 aliphatic heterocycles. The third-order valence-electron chi connectivity index (χ3n) is 4.00. The molecule has 30 heavy (non-hydrogen) atoms. The highest BCUT2D eigenvalue weighted by atomic mass is 19.1. The number of imide groups is 1. The molecule has 0 atom stereocenters. The zero-order chi connectivity index (χ0) is 21.5. The number of benzene rings is 2. The van der Waals surface area contributed by atoms with Crippen molar-refractivity contribution in [2.24, 2.45) is 0 Å². The first kappa shape index (κ1) is 20.9. The number of anilines is 1. The molecule has 154 valence electrons. The maximum Gasteiger partial charge on any atom is 0.273 e. The molecule has 0 fully saturated rings. The van der Waals surface area contributed by atoms with Crippen molar-refractivity contribution in [1.82, 2.24) is 4.98 Å². The largest absolute Gasteiger partial charge is 0.481 e. The highest BCUT2D eigenvalue weighted by molar-refractivity contribution is 6.15. The summed E-state index contributed by atoms with van der Waals surface area (Å²) in [6.45, 7) is 0.581. The summed E-state index contributed by atoms with van der Waals surface area (Å²) in [6.07, 6.45) is 1.48. The van der Waals surface area contributed by atoms with Gasteiger partial charge in [-0.15, -0.1) is 0 Å². The van der Waals surface area contributed by atoms with Crippen molar-refractivity contribution in [1.29, 1.82) is 0 Å². The van der Waals surface area contributed by atoms with Gasteiger partial charge in [-0.2, -0.15) is 0 Å². The molecule has 0 aliphatic carbocycles. The molecule has 0 saturated heterocycles. The number of pyridine rings is 1. The van der Waals surface area contributed by atoms with E-state index in [-0.39, 0.29) is 17.3 Å². The van der Waals surface area contributed by atoms with E-state index >= 15 is 0 Å². The van der Waals surface area contributed by atoms with Gasteiger partial charge in [-0.1, -0.05) is 30.3 Å². The Hall–Kier alpha value is -3.81. The van der Waals surface area contributed by atoms with E-state index < -0.39 is 36.7 Å². The summed E-state index contributed by atoms with van der Waals surface area (Å²) < 4.78 is 37.9. The molecular formula is C22H18F2N2O4. The van der Waals surface area contributed by atoms with Crippen LogP contribution >= 0.6 is 0 Å². The Morgan fingerprint density at radius 3 is 1.77 bits per heavy atom. The van der Waals surface area contributed by atoms with E-state index in [4.69, 9.17) is 9.47 Å². The number of carbonyl (C=O) groups excluding carboxylic acids is 2. The second-order valence-corrected chi connectivity index (χ2v) is 6.25. The van der Waals surface area contributed by atoms with Crippen molar-refractivity contribution in [3.05, 3.63) is 84.1 Å². The number of hydrogen-bond donors (Lipinski definition) is 0. The van der Waals surface area contributed by atoms with Gasteiger partial charge in [0.15, 0.2) is 36.3 Å². The SMILES string of the molecule is Cc1ccc(N(C(=O)COc2ccccc2F)C(=O)COc2ccccc2F)nc1. The van der Waals surface area contributed by atoms with Crippen LogP contribution < -0.4 is 14.4 Å². The van der Waals surface area contributed by atoms with E-state index in [0.717, 1.165) is 10.5 Å². The van der Waals surface area contributed by atoms with Gasteiger partial charge >= 0.3 is 0 Å². The van der Waals surface area contributed by atoms with Crippen LogP contribution in [-0.4, -0.2) is 30.0 Å². The third-order valence-corrected chi connectivity index (χ3v) is 4.00. The number of aryl methyl sites for hydroxylation is 1. The first-order valence-corrected chi connectivity index (χ1v) is 8.99. The highest BCUT2D eigenvalue weighted by Gasteiger charge is 2.26. The minimum Gasteiger partial charge on any atom is -0.481 e. The van der Waals surface area contributed by atoms with Crippen LogP contribution in [-0.2, 0) is 9.59 Å². The predicted molar refractivity (Wildman–Crippen MR) is 105 cm³/mol. The Morgan fingerprint density at radius 2 is 1.33 bits per heavy atom. The van der Waals surface area contributed by atoms with Crippen molar-refractivity contribution < 1.29 is 27.8 Å². The van der Waals surface area contributed by atoms with Crippen LogP contribution in [0.4, 0.5) is 14.6 Å². The molecule has 0 N–H and O–H groups in total. The Morgan fingerprint density at radius 1 is 0.833 bits per heavy atom. The summed E-state index contributed by atoms with van der Waals surface area (Å²) >= 11 is 0. The van der Waals surface area contributed by atoms with Gasteiger partial charge in [0, 0.05) is 6.20 Å². The lowest BCUT2D eigenvalue weighted by molar-refractivity contribution is -0.128. The van der Waals surface area contributed by atoms with Gasteiger partial charge in [-0.25, -0.2) is 18.7 Å². The average Bonchev–Trinajstić information content (AvgIpc) is 2.74. The van der Waals surface area contributed by atoms with E-state index in [0.29, 0.717) is 0 Å². The van der Waals surface area contributed by atoms with Crippen LogP contribution in [0, 0.1) is 18.6 Å². The topological polar surface area (TPSA) is 68.7 Å². The normalized spacial score (nSPS) is 10.4. The smallest absolute Gasteiger partial charge is 0.273 e. The number of rotatable bonds is 7. The van der Waals surface area contributed by atoms with Crippen LogP contribution in [0.5, 0.6) is 11.5 Å². The second kappa shape index (κ2) is 9.60. The Kier molecular flexibility index (Phi) is 6.69. The number of nitrogens with zero attached hydrogens (tertiary/aromatic N) is 2. The first-order valence-electron chi connectivity index (χ1n) is 8.99. The second-order valence-electron chi connectivity index (χ2n) is 6.25. The Bertz CT molecular complexity index is 980. The maximum atomic E-state index is 13.7. The first-order chi connectivity index (χ1) is 14.5. The van der Waals surface area contributed by atoms with Gasteiger partial charge in [0.25, 0.3) is 11.8 Å². The highest BCUT2D eigenvalue weighted by Crippen LogP contribution is 2.18. The predicted octanol–water partition coefficient (Wildman–Crippen LogP) is 3.69. The van der Waals surface area contributed by atoms with Crippen LogP contribution in [0.25, 0.3) is 0 Å². The lowest BCUT2D eigenvalue weighted by Crippen LogP contribution is -2.43. The number of ether oxygens (including phenoxy) is 2. The lowest BCUT2D eigenvalue weighted by atomic mass is 10.3. The van der Waals surface area contributed by atoms with Gasteiger partial charge in [-0.3, -0.25) is 9.59 Å². The quantitative estimate of drug-likeness (QED) is 0.592. The molecule has 0 unspecified atom stereocenters. The number of amides is 2. The number of halogens is 2. The van der Waals surface area contributed by atoms with Crippen LogP contribution in [0.15, 0.2) is 66.9 Å². The molecule has 1 aromatic heterocycles. The Balaban J connectivity index is 1.76. The summed E-state index contributed by atoms with van der Waals surface area (Å²) in [4.78, 5) is 30.3. The molecule has 0 saturated carbocycles. The van der Waals surface area contributed by atoms with E-state index in [1.165, 1.54) is 48.7 Å². The van der Waals surface area contributed by atoms with Gasteiger partial charge in [-0.05, 0) is 42.8 Å². The van der Waals surface area contributed by atoms with E-state index in [1.54, 1.807) is 25.1 Å². The zero-order valence-electron chi connectivity index (χ0n) is 16.0. The van der Waals surface area contributed by atoms with Crippen LogP contribution in [0.1, 0.15) is 5.56 Å². The molecule has 6 nitrogen and oxygen atoms in total. The van der Waals surface area contributed by atoms with Crippen molar-refractivity contribution >= 4 is 17.6 Å². The molecular weight excluding hydrogens is 394 g/mol. The fourth-order valence-corrected chi connectivity index (χ4v) is 2.52. The molecule has 1 heterocycles.